The molecule has 0 aliphatic carbocycles. The molecule has 114 valence electrons. The number of hydrogen-bond donors (Lipinski definition) is 0. The minimum Gasteiger partial charge on any atom is -0.343 e. The van der Waals surface area contributed by atoms with Crippen LogP contribution in [0.1, 0.15) is 64.2 Å². The molecule has 2 aliphatic rings. The van der Waals surface area contributed by atoms with Crippen LogP contribution in [0.25, 0.3) is 0 Å². The molecule has 0 unspecified atom stereocenters. The molecule has 0 N–H and O–H groups in total. The fourth-order valence-corrected chi connectivity index (χ4v) is 3.16. The maximum atomic E-state index is 11.8. The van der Waals surface area contributed by atoms with Crippen LogP contribution < -0.4 is 0 Å². The van der Waals surface area contributed by atoms with Crippen LogP contribution in [0, 0.1) is 0 Å². The summed E-state index contributed by atoms with van der Waals surface area (Å²) in [7, 11) is 0. The first kappa shape index (κ1) is 15.3. The predicted molar refractivity (Wildman–Crippen MR) is 79.3 cm³/mol. The standard InChI is InChI=1S/C16H28N2O2/c19-15(17-11-5-6-12-17)9-3-1-2-4-10-16(20)18-13-7-8-14-18/h1-14H2. The Balaban J connectivity index is 1.45. The summed E-state index contributed by atoms with van der Waals surface area (Å²) in [6, 6.07) is 0. The number of carbonyl (C=O) groups excluding carboxylic acids is 2. The van der Waals surface area contributed by atoms with Crippen LogP contribution in [0.5, 0.6) is 0 Å². The number of amides is 2. The smallest absolute Gasteiger partial charge is 0.222 e. The van der Waals surface area contributed by atoms with E-state index >= 15 is 0 Å². The predicted octanol–water partition coefficient (Wildman–Crippen LogP) is 2.57. The number of hydrogen-bond acceptors (Lipinski definition) is 2. The molecule has 0 bridgehead atoms. The van der Waals surface area contributed by atoms with E-state index in [0.717, 1.165) is 51.9 Å². The molecule has 0 atom stereocenters. The van der Waals surface area contributed by atoms with Gasteiger partial charge in [-0.15, -0.1) is 0 Å². The average molecular weight is 280 g/mol. The van der Waals surface area contributed by atoms with Crippen molar-refractivity contribution in [1.29, 1.82) is 0 Å². The Labute approximate surface area is 122 Å². The maximum absolute atomic E-state index is 11.8. The van der Waals surface area contributed by atoms with Gasteiger partial charge in [0, 0.05) is 39.0 Å². The quantitative estimate of drug-likeness (QED) is 0.673. The van der Waals surface area contributed by atoms with Crippen LogP contribution in [-0.4, -0.2) is 47.8 Å². The van der Waals surface area contributed by atoms with E-state index in [0.29, 0.717) is 24.7 Å². The van der Waals surface area contributed by atoms with Crippen LogP contribution in [0.15, 0.2) is 0 Å². The maximum Gasteiger partial charge on any atom is 0.222 e. The summed E-state index contributed by atoms with van der Waals surface area (Å²) in [6.45, 7) is 3.85. The van der Waals surface area contributed by atoms with Gasteiger partial charge in [0.25, 0.3) is 0 Å². The van der Waals surface area contributed by atoms with Crippen LogP contribution in [0.4, 0.5) is 0 Å². The fraction of sp³-hybridized carbons (Fsp3) is 0.875. The SMILES string of the molecule is O=C(CCCCCCC(=O)N1CCCC1)N1CCCC1. The first-order valence-corrected chi connectivity index (χ1v) is 8.33. The highest BCUT2D eigenvalue weighted by Crippen LogP contribution is 2.14. The summed E-state index contributed by atoms with van der Waals surface area (Å²) in [5.41, 5.74) is 0. The lowest BCUT2D eigenvalue weighted by atomic mass is 10.1. The molecule has 2 aliphatic heterocycles. The Morgan fingerprint density at radius 2 is 0.950 bits per heavy atom. The van der Waals surface area contributed by atoms with E-state index in [9.17, 15) is 9.59 Å². The molecular formula is C16H28N2O2. The van der Waals surface area contributed by atoms with Gasteiger partial charge in [0.15, 0.2) is 0 Å². The number of likely N-dealkylation sites (tertiary alicyclic amines) is 2. The second-order valence-electron chi connectivity index (χ2n) is 6.09. The first-order chi connectivity index (χ1) is 9.77. The summed E-state index contributed by atoms with van der Waals surface area (Å²) in [6.07, 6.45) is 10.2. The Morgan fingerprint density at radius 1 is 0.600 bits per heavy atom. The normalized spacial score (nSPS) is 18.8. The van der Waals surface area contributed by atoms with Crippen molar-refractivity contribution in [3.8, 4) is 0 Å². The summed E-state index contributed by atoms with van der Waals surface area (Å²) in [5, 5.41) is 0. The van der Waals surface area contributed by atoms with E-state index in [1.54, 1.807) is 0 Å². The zero-order chi connectivity index (χ0) is 14.2. The van der Waals surface area contributed by atoms with Gasteiger partial charge in [0.05, 0.1) is 0 Å². The van der Waals surface area contributed by atoms with Crippen molar-refractivity contribution in [2.45, 2.75) is 64.2 Å². The van der Waals surface area contributed by atoms with Crippen molar-refractivity contribution < 1.29 is 9.59 Å². The lowest BCUT2D eigenvalue weighted by molar-refractivity contribution is -0.131. The van der Waals surface area contributed by atoms with Crippen molar-refractivity contribution in [2.24, 2.45) is 0 Å². The Hall–Kier alpha value is -1.06. The van der Waals surface area contributed by atoms with E-state index in [4.69, 9.17) is 0 Å². The third kappa shape index (κ3) is 4.80. The highest BCUT2D eigenvalue weighted by Gasteiger charge is 2.18. The van der Waals surface area contributed by atoms with Crippen molar-refractivity contribution in [2.75, 3.05) is 26.2 Å². The van der Waals surface area contributed by atoms with E-state index in [2.05, 4.69) is 0 Å². The lowest BCUT2D eigenvalue weighted by Crippen LogP contribution is -2.27. The molecule has 2 saturated heterocycles. The molecule has 0 aromatic heterocycles. The molecule has 0 aromatic rings. The molecule has 0 saturated carbocycles. The second kappa shape index (κ2) is 8.28. The van der Waals surface area contributed by atoms with Gasteiger partial charge in [-0.05, 0) is 38.5 Å². The van der Waals surface area contributed by atoms with Gasteiger partial charge in [-0.3, -0.25) is 9.59 Å². The van der Waals surface area contributed by atoms with Gasteiger partial charge >= 0.3 is 0 Å². The van der Waals surface area contributed by atoms with Crippen molar-refractivity contribution in [3.05, 3.63) is 0 Å². The van der Waals surface area contributed by atoms with E-state index in [1.165, 1.54) is 25.7 Å². The summed E-state index contributed by atoms with van der Waals surface area (Å²) in [4.78, 5) is 27.6. The van der Waals surface area contributed by atoms with Gasteiger partial charge in [-0.1, -0.05) is 12.8 Å². The monoisotopic (exact) mass is 280 g/mol. The molecular weight excluding hydrogens is 252 g/mol. The van der Waals surface area contributed by atoms with Crippen LogP contribution in [-0.2, 0) is 9.59 Å². The van der Waals surface area contributed by atoms with Gasteiger partial charge in [-0.25, -0.2) is 0 Å². The fourth-order valence-electron chi connectivity index (χ4n) is 3.16. The minimum atomic E-state index is 0.329. The Morgan fingerprint density at radius 3 is 1.30 bits per heavy atom. The molecule has 0 aromatic carbocycles. The Kier molecular flexibility index (Phi) is 6.34. The highest BCUT2D eigenvalue weighted by molar-refractivity contribution is 5.76. The Bertz CT molecular complexity index is 286. The topological polar surface area (TPSA) is 40.6 Å². The van der Waals surface area contributed by atoms with Crippen molar-refractivity contribution in [3.63, 3.8) is 0 Å². The van der Waals surface area contributed by atoms with Gasteiger partial charge in [0.2, 0.25) is 11.8 Å². The third-order valence-corrected chi connectivity index (χ3v) is 4.45. The second-order valence-corrected chi connectivity index (χ2v) is 6.09. The van der Waals surface area contributed by atoms with E-state index in [1.807, 2.05) is 9.80 Å². The van der Waals surface area contributed by atoms with E-state index < -0.39 is 0 Å². The zero-order valence-electron chi connectivity index (χ0n) is 12.6. The summed E-state index contributed by atoms with van der Waals surface area (Å²) in [5.74, 6) is 0.659. The average Bonchev–Trinajstić information content (AvgIpc) is 3.14. The minimum absolute atomic E-state index is 0.329. The number of nitrogens with zero attached hydrogens (tertiary/aromatic N) is 2. The van der Waals surface area contributed by atoms with Gasteiger partial charge in [-0.2, -0.15) is 0 Å². The number of rotatable bonds is 7. The molecule has 4 heteroatoms. The van der Waals surface area contributed by atoms with Crippen LogP contribution >= 0.6 is 0 Å². The number of unbranched alkanes of at least 4 members (excludes halogenated alkanes) is 3. The van der Waals surface area contributed by atoms with Gasteiger partial charge in [0.1, 0.15) is 0 Å². The van der Waals surface area contributed by atoms with E-state index in [-0.39, 0.29) is 0 Å². The molecule has 2 amide bonds. The van der Waals surface area contributed by atoms with Crippen LogP contribution in [0.2, 0.25) is 0 Å². The molecule has 2 rings (SSSR count). The summed E-state index contributed by atoms with van der Waals surface area (Å²) < 4.78 is 0. The van der Waals surface area contributed by atoms with Crippen LogP contribution in [0.3, 0.4) is 0 Å². The third-order valence-electron chi connectivity index (χ3n) is 4.45. The molecule has 4 nitrogen and oxygen atoms in total. The molecule has 2 heterocycles. The largest absolute Gasteiger partial charge is 0.343 e. The summed E-state index contributed by atoms with van der Waals surface area (Å²) >= 11 is 0. The molecule has 0 radical (unpaired) electrons. The highest BCUT2D eigenvalue weighted by atomic mass is 16.2. The molecule has 20 heavy (non-hydrogen) atoms. The zero-order valence-corrected chi connectivity index (χ0v) is 12.6. The van der Waals surface area contributed by atoms with Crippen molar-refractivity contribution >= 4 is 11.8 Å². The van der Waals surface area contributed by atoms with Crippen molar-refractivity contribution in [1.82, 2.24) is 9.80 Å². The molecule has 2 fully saturated rings. The molecule has 0 spiro atoms. The number of carbonyl (C=O) groups is 2. The lowest BCUT2D eigenvalue weighted by Gasteiger charge is -2.15. The first-order valence-electron chi connectivity index (χ1n) is 8.33. The van der Waals surface area contributed by atoms with Gasteiger partial charge < -0.3 is 9.80 Å².